The van der Waals surface area contributed by atoms with Gasteiger partial charge in [0.25, 0.3) is 10.0 Å². The topological polar surface area (TPSA) is 81.9 Å². The number of nitrogen functional groups attached to an aromatic ring is 1. The summed E-state index contributed by atoms with van der Waals surface area (Å²) in [6, 6.07) is 1.48. The van der Waals surface area contributed by atoms with Crippen LogP contribution in [0.1, 0.15) is 6.42 Å². The molecule has 0 aliphatic heterocycles. The van der Waals surface area contributed by atoms with Crippen molar-refractivity contribution >= 4 is 27.0 Å². The number of nitrogens with zero attached hydrogens (tertiary/aromatic N) is 1. The highest BCUT2D eigenvalue weighted by Gasteiger charge is 2.25. The van der Waals surface area contributed by atoms with Crippen LogP contribution in [0.15, 0.2) is 15.7 Å². The van der Waals surface area contributed by atoms with Crippen molar-refractivity contribution < 1.29 is 17.9 Å². The smallest absolute Gasteiger partial charge is 0.252 e. The van der Waals surface area contributed by atoms with E-state index in [0.717, 1.165) is 11.3 Å². The van der Waals surface area contributed by atoms with E-state index in [0.29, 0.717) is 38.4 Å². The molecule has 0 amide bonds. The predicted octanol–water partition coefficient (Wildman–Crippen LogP) is 1.00. The average Bonchev–Trinajstić information content (AvgIpc) is 2.81. The zero-order chi connectivity index (χ0) is 14.3. The maximum atomic E-state index is 12.4. The minimum atomic E-state index is -3.50. The SMILES string of the molecule is COCCCN(CCOC)S(=O)(=O)c1cc(N)cs1. The predicted molar refractivity (Wildman–Crippen MR) is 75.9 cm³/mol. The first-order chi connectivity index (χ1) is 9.02. The molecule has 0 spiro atoms. The van der Waals surface area contributed by atoms with Crippen molar-refractivity contribution in [3.63, 3.8) is 0 Å². The molecule has 6 nitrogen and oxygen atoms in total. The standard InChI is InChI=1S/C11H20N2O4S2/c1-16-6-3-4-13(5-7-17-2)19(14,15)11-8-10(12)9-18-11/h8-9H,3-7,12H2,1-2H3. The monoisotopic (exact) mass is 308 g/mol. The van der Waals surface area contributed by atoms with Crippen LogP contribution < -0.4 is 5.73 Å². The van der Waals surface area contributed by atoms with Crippen LogP contribution in [0.3, 0.4) is 0 Å². The van der Waals surface area contributed by atoms with E-state index in [1.807, 2.05) is 0 Å². The van der Waals surface area contributed by atoms with E-state index in [-0.39, 0.29) is 4.21 Å². The van der Waals surface area contributed by atoms with Crippen LogP contribution in [-0.4, -0.2) is 53.2 Å². The number of anilines is 1. The zero-order valence-electron chi connectivity index (χ0n) is 11.2. The molecule has 8 heteroatoms. The van der Waals surface area contributed by atoms with Crippen molar-refractivity contribution in [1.29, 1.82) is 0 Å². The quantitative estimate of drug-likeness (QED) is 0.688. The lowest BCUT2D eigenvalue weighted by atomic mass is 10.4. The lowest BCUT2D eigenvalue weighted by Gasteiger charge is -2.20. The van der Waals surface area contributed by atoms with Crippen molar-refractivity contribution in [2.75, 3.05) is 46.3 Å². The average molecular weight is 308 g/mol. The fourth-order valence-corrected chi connectivity index (χ4v) is 4.22. The molecular weight excluding hydrogens is 288 g/mol. The van der Waals surface area contributed by atoms with Gasteiger partial charge >= 0.3 is 0 Å². The van der Waals surface area contributed by atoms with Crippen molar-refractivity contribution in [2.45, 2.75) is 10.6 Å². The van der Waals surface area contributed by atoms with E-state index in [4.69, 9.17) is 15.2 Å². The highest BCUT2D eigenvalue weighted by Crippen LogP contribution is 2.25. The fraction of sp³-hybridized carbons (Fsp3) is 0.636. The number of hydrogen-bond donors (Lipinski definition) is 1. The lowest BCUT2D eigenvalue weighted by Crippen LogP contribution is -2.34. The first-order valence-electron chi connectivity index (χ1n) is 5.84. The largest absolute Gasteiger partial charge is 0.398 e. The second-order valence-corrected chi connectivity index (χ2v) is 7.02. The van der Waals surface area contributed by atoms with Gasteiger partial charge in [0.1, 0.15) is 4.21 Å². The van der Waals surface area contributed by atoms with Gasteiger partial charge in [0.05, 0.1) is 6.61 Å². The number of sulfonamides is 1. The third kappa shape index (κ3) is 4.73. The second-order valence-electron chi connectivity index (χ2n) is 3.94. The Balaban J connectivity index is 2.82. The third-order valence-corrected chi connectivity index (χ3v) is 5.82. The Morgan fingerprint density at radius 2 is 1.95 bits per heavy atom. The normalized spacial score (nSPS) is 12.2. The van der Waals surface area contributed by atoms with E-state index < -0.39 is 10.0 Å². The minimum Gasteiger partial charge on any atom is -0.398 e. The summed E-state index contributed by atoms with van der Waals surface area (Å²) in [6.07, 6.45) is 0.639. The molecule has 0 fully saturated rings. The van der Waals surface area contributed by atoms with E-state index in [2.05, 4.69) is 0 Å². The van der Waals surface area contributed by atoms with Gasteiger partial charge in [-0.05, 0) is 12.5 Å². The third-order valence-electron chi connectivity index (χ3n) is 2.49. The summed E-state index contributed by atoms with van der Waals surface area (Å²) in [4.78, 5) is 0. The molecule has 0 atom stereocenters. The van der Waals surface area contributed by atoms with Gasteiger partial charge in [-0.2, -0.15) is 4.31 Å². The Labute approximate surface area is 118 Å². The number of nitrogens with two attached hydrogens (primary N) is 1. The van der Waals surface area contributed by atoms with Gasteiger partial charge in [-0.15, -0.1) is 11.3 Å². The first kappa shape index (κ1) is 16.4. The van der Waals surface area contributed by atoms with Gasteiger partial charge in [-0.25, -0.2) is 8.42 Å². The van der Waals surface area contributed by atoms with Crippen molar-refractivity contribution in [1.82, 2.24) is 4.31 Å². The van der Waals surface area contributed by atoms with Crippen LogP contribution in [0, 0.1) is 0 Å². The van der Waals surface area contributed by atoms with Gasteiger partial charge in [0.15, 0.2) is 0 Å². The van der Waals surface area contributed by atoms with Crippen LogP contribution in [0.5, 0.6) is 0 Å². The number of thiophene rings is 1. The highest BCUT2D eigenvalue weighted by atomic mass is 32.2. The molecule has 0 radical (unpaired) electrons. The van der Waals surface area contributed by atoms with Crippen LogP contribution in [0.4, 0.5) is 5.69 Å². The Morgan fingerprint density at radius 1 is 1.26 bits per heavy atom. The summed E-state index contributed by atoms with van der Waals surface area (Å²) in [5.74, 6) is 0. The Kier molecular flexibility index (Phi) is 6.73. The number of ether oxygens (including phenoxy) is 2. The molecule has 19 heavy (non-hydrogen) atoms. The molecule has 0 bridgehead atoms. The van der Waals surface area contributed by atoms with E-state index >= 15 is 0 Å². The summed E-state index contributed by atoms with van der Waals surface area (Å²) in [5.41, 5.74) is 6.04. The van der Waals surface area contributed by atoms with Crippen molar-refractivity contribution in [3.05, 3.63) is 11.4 Å². The van der Waals surface area contributed by atoms with Crippen molar-refractivity contribution in [2.24, 2.45) is 0 Å². The summed E-state index contributed by atoms with van der Waals surface area (Å²) in [6.45, 7) is 1.59. The van der Waals surface area contributed by atoms with Gasteiger partial charge in [-0.3, -0.25) is 0 Å². The first-order valence-corrected chi connectivity index (χ1v) is 8.16. The summed E-state index contributed by atoms with van der Waals surface area (Å²) in [5, 5.41) is 1.62. The van der Waals surface area contributed by atoms with Gasteiger partial charge in [0, 0.05) is 45.0 Å². The summed E-state index contributed by atoms with van der Waals surface area (Å²) >= 11 is 1.13. The van der Waals surface area contributed by atoms with Gasteiger partial charge < -0.3 is 15.2 Å². The lowest BCUT2D eigenvalue weighted by molar-refractivity contribution is 0.164. The van der Waals surface area contributed by atoms with E-state index in [1.165, 1.54) is 10.4 Å². The zero-order valence-corrected chi connectivity index (χ0v) is 12.8. The molecule has 1 rings (SSSR count). The molecule has 0 aliphatic rings. The molecule has 0 unspecified atom stereocenters. The maximum absolute atomic E-state index is 12.4. The fourth-order valence-electron chi connectivity index (χ4n) is 1.52. The van der Waals surface area contributed by atoms with E-state index in [1.54, 1.807) is 19.6 Å². The molecular formula is C11H20N2O4S2. The molecule has 0 saturated carbocycles. The molecule has 0 aromatic carbocycles. The minimum absolute atomic E-state index is 0.263. The van der Waals surface area contributed by atoms with Crippen LogP contribution in [0.2, 0.25) is 0 Å². The molecule has 1 heterocycles. The number of methoxy groups -OCH3 is 2. The number of rotatable bonds is 9. The van der Waals surface area contributed by atoms with Gasteiger partial charge in [0.2, 0.25) is 0 Å². The second kappa shape index (κ2) is 7.81. The maximum Gasteiger partial charge on any atom is 0.252 e. The molecule has 1 aromatic heterocycles. The van der Waals surface area contributed by atoms with Crippen LogP contribution in [-0.2, 0) is 19.5 Å². The molecule has 110 valence electrons. The Hall–Kier alpha value is -0.670. The van der Waals surface area contributed by atoms with Crippen LogP contribution in [0.25, 0.3) is 0 Å². The summed E-state index contributed by atoms with van der Waals surface area (Å²) in [7, 11) is -0.361. The highest BCUT2D eigenvalue weighted by molar-refractivity contribution is 7.91. The molecule has 0 aliphatic carbocycles. The van der Waals surface area contributed by atoms with Gasteiger partial charge in [-0.1, -0.05) is 0 Å². The summed E-state index contributed by atoms with van der Waals surface area (Å²) < 4.78 is 36.4. The van der Waals surface area contributed by atoms with Crippen molar-refractivity contribution in [3.8, 4) is 0 Å². The Bertz CT molecular complexity index is 473. The van der Waals surface area contributed by atoms with Crippen LogP contribution >= 0.6 is 11.3 Å². The molecule has 1 aromatic rings. The Morgan fingerprint density at radius 3 is 2.47 bits per heavy atom. The number of hydrogen-bond acceptors (Lipinski definition) is 6. The molecule has 0 saturated heterocycles. The molecule has 2 N–H and O–H groups in total. The van der Waals surface area contributed by atoms with E-state index in [9.17, 15) is 8.42 Å².